The number of rotatable bonds is 6. The van der Waals surface area contributed by atoms with Gasteiger partial charge in [0.05, 0.1) is 6.61 Å². The fourth-order valence-corrected chi connectivity index (χ4v) is 3.47. The van der Waals surface area contributed by atoms with E-state index in [2.05, 4.69) is 10.2 Å². The van der Waals surface area contributed by atoms with Gasteiger partial charge in [-0.2, -0.15) is 0 Å². The Morgan fingerprint density at radius 3 is 2.69 bits per heavy atom. The van der Waals surface area contributed by atoms with Gasteiger partial charge in [0.1, 0.15) is 5.75 Å². The quantitative estimate of drug-likeness (QED) is 0.746. The number of nitrogens with zero attached hydrogens (tertiary/aromatic N) is 1. The van der Waals surface area contributed by atoms with Gasteiger partial charge in [-0.05, 0) is 54.8 Å². The Hall–Kier alpha value is -2.37. The van der Waals surface area contributed by atoms with Crippen LogP contribution < -0.4 is 5.32 Å². The number of aliphatic hydroxyl groups is 1. The lowest BCUT2D eigenvalue weighted by Crippen LogP contribution is -2.45. The number of carbonyl (C=O) groups is 1. The lowest BCUT2D eigenvalue weighted by Gasteiger charge is -2.34. The second-order valence-electron chi connectivity index (χ2n) is 6.75. The van der Waals surface area contributed by atoms with Gasteiger partial charge in [0.15, 0.2) is 0 Å². The first kappa shape index (κ1) is 18.4. The monoisotopic (exact) mass is 354 g/mol. The van der Waals surface area contributed by atoms with E-state index in [-0.39, 0.29) is 24.3 Å². The van der Waals surface area contributed by atoms with Gasteiger partial charge in [-0.1, -0.05) is 30.7 Å². The number of aromatic hydroxyl groups is 1. The minimum Gasteiger partial charge on any atom is -0.508 e. The summed E-state index contributed by atoms with van der Waals surface area (Å²) < 4.78 is 0. The van der Waals surface area contributed by atoms with Crippen molar-refractivity contribution in [3.05, 3.63) is 54.1 Å². The van der Waals surface area contributed by atoms with Gasteiger partial charge < -0.3 is 15.5 Å². The summed E-state index contributed by atoms with van der Waals surface area (Å²) in [6, 6.07) is 14.6. The van der Waals surface area contributed by atoms with Crippen LogP contribution in [0, 0.1) is 0 Å². The Bertz CT molecular complexity index is 730. The molecule has 3 N–H and O–H groups in total. The number of phenols is 1. The van der Waals surface area contributed by atoms with Gasteiger partial charge in [0.2, 0.25) is 0 Å². The zero-order chi connectivity index (χ0) is 18.4. The maximum absolute atomic E-state index is 12.5. The smallest absolute Gasteiger partial charge is 0.251 e. The van der Waals surface area contributed by atoms with Crippen molar-refractivity contribution < 1.29 is 15.0 Å². The lowest BCUT2D eigenvalue weighted by molar-refractivity contribution is 0.0849. The minimum atomic E-state index is -0.0943. The molecule has 0 aromatic heterocycles. The number of piperidine rings is 1. The second kappa shape index (κ2) is 8.83. The molecule has 5 nitrogen and oxygen atoms in total. The molecule has 3 rings (SSSR count). The van der Waals surface area contributed by atoms with E-state index in [1.54, 1.807) is 18.2 Å². The van der Waals surface area contributed by atoms with Crippen LogP contribution in [0.2, 0.25) is 0 Å². The summed E-state index contributed by atoms with van der Waals surface area (Å²) >= 11 is 0. The Balaban J connectivity index is 1.58. The van der Waals surface area contributed by atoms with Crippen LogP contribution in [0.3, 0.4) is 0 Å². The third-order valence-electron chi connectivity index (χ3n) is 4.97. The summed E-state index contributed by atoms with van der Waals surface area (Å²) in [5.41, 5.74) is 2.51. The van der Waals surface area contributed by atoms with E-state index in [1.807, 2.05) is 30.3 Å². The molecule has 0 spiro atoms. The Morgan fingerprint density at radius 1 is 1.12 bits per heavy atom. The van der Waals surface area contributed by atoms with Crippen LogP contribution in [0.15, 0.2) is 48.5 Å². The second-order valence-corrected chi connectivity index (χ2v) is 6.75. The summed E-state index contributed by atoms with van der Waals surface area (Å²) in [4.78, 5) is 14.7. The molecule has 138 valence electrons. The Morgan fingerprint density at radius 2 is 1.92 bits per heavy atom. The number of phenolic OH excluding ortho intramolecular Hbond substituents is 1. The summed E-state index contributed by atoms with van der Waals surface area (Å²) in [6.07, 6.45) is 3.34. The standard InChI is InChI=1S/C21H26N2O3/c24-15-19-6-1-2-12-23(19)13-11-22-21(26)18-5-3-4-17(14-18)16-7-9-20(25)10-8-16/h3-5,7-10,14,19,24-25H,1-2,6,11-13,15H2,(H,22,26). The number of benzene rings is 2. The van der Waals surface area contributed by atoms with Crippen LogP contribution in [0.4, 0.5) is 0 Å². The molecule has 1 amide bonds. The average Bonchev–Trinajstić information content (AvgIpc) is 2.69. The number of hydrogen-bond acceptors (Lipinski definition) is 4. The molecule has 0 radical (unpaired) electrons. The number of nitrogens with one attached hydrogen (secondary N) is 1. The van der Waals surface area contributed by atoms with E-state index in [0.29, 0.717) is 12.1 Å². The summed E-state index contributed by atoms with van der Waals surface area (Å²) in [6.45, 7) is 2.49. The van der Waals surface area contributed by atoms with Crippen molar-refractivity contribution in [1.29, 1.82) is 0 Å². The first-order valence-electron chi connectivity index (χ1n) is 9.20. The largest absolute Gasteiger partial charge is 0.508 e. The fraction of sp³-hybridized carbons (Fsp3) is 0.381. The molecule has 1 saturated heterocycles. The number of likely N-dealkylation sites (tertiary alicyclic amines) is 1. The molecule has 1 heterocycles. The predicted octanol–water partition coefficient (Wildman–Crippen LogP) is 2.64. The van der Waals surface area contributed by atoms with E-state index in [0.717, 1.165) is 43.5 Å². The van der Waals surface area contributed by atoms with Crippen molar-refractivity contribution >= 4 is 5.91 Å². The van der Waals surface area contributed by atoms with Crippen molar-refractivity contribution in [1.82, 2.24) is 10.2 Å². The van der Waals surface area contributed by atoms with Gasteiger partial charge in [0, 0.05) is 24.7 Å². The van der Waals surface area contributed by atoms with E-state index in [1.165, 1.54) is 0 Å². The third kappa shape index (κ3) is 4.62. The molecule has 1 aliphatic rings. The van der Waals surface area contributed by atoms with Crippen LogP contribution >= 0.6 is 0 Å². The summed E-state index contributed by atoms with van der Waals surface area (Å²) in [5.74, 6) is 0.129. The molecule has 2 aromatic rings. The van der Waals surface area contributed by atoms with Crippen LogP contribution in [0.25, 0.3) is 11.1 Å². The van der Waals surface area contributed by atoms with Crippen molar-refractivity contribution in [3.63, 3.8) is 0 Å². The molecular formula is C21H26N2O3. The van der Waals surface area contributed by atoms with Gasteiger partial charge >= 0.3 is 0 Å². The van der Waals surface area contributed by atoms with Gasteiger partial charge in [-0.25, -0.2) is 0 Å². The van der Waals surface area contributed by atoms with Crippen molar-refractivity contribution in [2.45, 2.75) is 25.3 Å². The molecule has 1 aliphatic heterocycles. The molecular weight excluding hydrogens is 328 g/mol. The van der Waals surface area contributed by atoms with Crippen molar-refractivity contribution in [2.75, 3.05) is 26.2 Å². The molecule has 5 heteroatoms. The summed E-state index contributed by atoms with van der Waals surface area (Å²) in [7, 11) is 0. The van der Waals surface area contributed by atoms with E-state index < -0.39 is 0 Å². The number of carbonyl (C=O) groups excluding carboxylic acids is 1. The Labute approximate surface area is 154 Å². The van der Waals surface area contributed by atoms with Crippen molar-refractivity contribution in [2.24, 2.45) is 0 Å². The Kier molecular flexibility index (Phi) is 6.26. The zero-order valence-corrected chi connectivity index (χ0v) is 14.9. The van der Waals surface area contributed by atoms with Gasteiger partial charge in [0.25, 0.3) is 5.91 Å². The SMILES string of the molecule is O=C(NCCN1CCCCC1CO)c1cccc(-c2ccc(O)cc2)c1. The maximum Gasteiger partial charge on any atom is 0.251 e. The van der Waals surface area contributed by atoms with Crippen LogP contribution in [0.1, 0.15) is 29.6 Å². The first-order valence-corrected chi connectivity index (χ1v) is 9.20. The number of hydrogen-bond donors (Lipinski definition) is 3. The van der Waals surface area contributed by atoms with E-state index >= 15 is 0 Å². The molecule has 2 aromatic carbocycles. The summed E-state index contributed by atoms with van der Waals surface area (Å²) in [5, 5.41) is 21.8. The van der Waals surface area contributed by atoms with Crippen molar-refractivity contribution in [3.8, 4) is 16.9 Å². The van der Waals surface area contributed by atoms with Gasteiger partial charge in [-0.15, -0.1) is 0 Å². The van der Waals surface area contributed by atoms with Crippen LogP contribution in [-0.2, 0) is 0 Å². The minimum absolute atomic E-state index is 0.0943. The first-order chi connectivity index (χ1) is 12.7. The number of amides is 1. The highest BCUT2D eigenvalue weighted by Crippen LogP contribution is 2.22. The normalized spacial score (nSPS) is 17.8. The van der Waals surface area contributed by atoms with Gasteiger partial charge in [-0.3, -0.25) is 9.69 Å². The highest BCUT2D eigenvalue weighted by atomic mass is 16.3. The molecule has 1 fully saturated rings. The molecule has 26 heavy (non-hydrogen) atoms. The topological polar surface area (TPSA) is 72.8 Å². The third-order valence-corrected chi connectivity index (χ3v) is 4.97. The molecule has 0 aliphatic carbocycles. The molecule has 0 saturated carbocycles. The molecule has 1 unspecified atom stereocenters. The van der Waals surface area contributed by atoms with Crippen LogP contribution in [-0.4, -0.2) is 53.3 Å². The fourth-order valence-electron chi connectivity index (χ4n) is 3.47. The predicted molar refractivity (Wildman–Crippen MR) is 102 cm³/mol. The molecule has 0 bridgehead atoms. The lowest BCUT2D eigenvalue weighted by atomic mass is 10.0. The van der Waals surface area contributed by atoms with E-state index in [9.17, 15) is 15.0 Å². The van der Waals surface area contributed by atoms with E-state index in [4.69, 9.17) is 0 Å². The molecule has 1 atom stereocenters. The average molecular weight is 354 g/mol. The zero-order valence-electron chi connectivity index (χ0n) is 14.9. The number of aliphatic hydroxyl groups excluding tert-OH is 1. The highest BCUT2D eigenvalue weighted by molar-refractivity contribution is 5.95. The maximum atomic E-state index is 12.5. The van der Waals surface area contributed by atoms with Crippen LogP contribution in [0.5, 0.6) is 5.75 Å². The highest BCUT2D eigenvalue weighted by Gasteiger charge is 2.21.